The Bertz CT molecular complexity index is 1180. The second-order valence-electron chi connectivity index (χ2n) is 7.69. The summed E-state index contributed by atoms with van der Waals surface area (Å²) in [5.41, 5.74) is 3.12. The van der Waals surface area contributed by atoms with Crippen molar-refractivity contribution in [2.24, 2.45) is 0 Å². The molecule has 4 rings (SSSR count). The van der Waals surface area contributed by atoms with E-state index in [1.165, 1.54) is 5.56 Å². The van der Waals surface area contributed by atoms with Crippen molar-refractivity contribution >= 4 is 22.9 Å². The molecule has 1 atom stereocenters. The fourth-order valence-corrected chi connectivity index (χ4v) is 4.48. The third-order valence-corrected chi connectivity index (χ3v) is 6.48. The molecule has 0 radical (unpaired) electrons. The van der Waals surface area contributed by atoms with E-state index in [0.29, 0.717) is 19.4 Å². The lowest BCUT2D eigenvalue weighted by molar-refractivity contribution is -0.127. The Balaban J connectivity index is 1.29. The zero-order valence-electron chi connectivity index (χ0n) is 18.4. The Morgan fingerprint density at radius 1 is 1.06 bits per heavy atom. The molecular weight excluding hydrogens is 444 g/mol. The number of carbonyl (C=O) groups is 2. The fourth-order valence-electron chi connectivity index (χ4n) is 3.45. The van der Waals surface area contributed by atoms with Crippen LogP contribution in [0.4, 0.5) is 4.79 Å². The standard InChI is InChI=1S/C24H24N2O6S/c1-3-16-4-7-18(25-13-16)10-11-30-19-8-5-17(6-9-19)12-21-22(27)26(23(28)33-21)14-20-15(2)31-24(29)32-20/h4-9,13,21H,3,10-12,14H2,1-2H3. The average molecular weight is 469 g/mol. The minimum Gasteiger partial charge on any atom is -0.493 e. The predicted octanol–water partition coefficient (Wildman–Crippen LogP) is 3.93. The molecule has 1 fully saturated rings. The normalized spacial score (nSPS) is 15.9. The van der Waals surface area contributed by atoms with Crippen molar-refractivity contribution in [2.45, 2.75) is 44.9 Å². The van der Waals surface area contributed by atoms with E-state index in [9.17, 15) is 14.4 Å². The zero-order valence-corrected chi connectivity index (χ0v) is 19.2. The Labute approximate surface area is 194 Å². The summed E-state index contributed by atoms with van der Waals surface area (Å²) in [7, 11) is 0. The van der Waals surface area contributed by atoms with E-state index in [4.69, 9.17) is 13.6 Å². The highest BCUT2D eigenvalue weighted by Crippen LogP contribution is 2.31. The van der Waals surface area contributed by atoms with E-state index >= 15 is 0 Å². The van der Waals surface area contributed by atoms with Gasteiger partial charge in [0.05, 0.1) is 18.4 Å². The first-order valence-corrected chi connectivity index (χ1v) is 11.6. The van der Waals surface area contributed by atoms with Gasteiger partial charge in [0.15, 0.2) is 5.76 Å². The molecule has 0 bridgehead atoms. The third-order valence-electron chi connectivity index (χ3n) is 5.41. The molecule has 0 spiro atoms. The van der Waals surface area contributed by atoms with E-state index in [0.717, 1.165) is 40.1 Å². The van der Waals surface area contributed by atoms with Gasteiger partial charge < -0.3 is 13.6 Å². The number of aryl methyl sites for hydroxylation is 2. The minimum absolute atomic E-state index is 0.110. The molecular formula is C24H24N2O6S. The summed E-state index contributed by atoms with van der Waals surface area (Å²) in [5, 5.41) is -0.894. The van der Waals surface area contributed by atoms with Gasteiger partial charge in [-0.05, 0) is 49.1 Å². The van der Waals surface area contributed by atoms with E-state index in [1.54, 1.807) is 6.92 Å². The van der Waals surface area contributed by atoms with E-state index in [2.05, 4.69) is 18.0 Å². The molecule has 1 aliphatic heterocycles. The number of rotatable bonds is 9. The molecule has 1 aliphatic rings. The molecule has 172 valence electrons. The maximum atomic E-state index is 12.7. The highest BCUT2D eigenvalue weighted by Gasteiger charge is 2.40. The highest BCUT2D eigenvalue weighted by molar-refractivity contribution is 8.15. The van der Waals surface area contributed by atoms with Gasteiger partial charge in [-0.25, -0.2) is 4.79 Å². The van der Waals surface area contributed by atoms with Gasteiger partial charge in [0.25, 0.3) is 5.24 Å². The topological polar surface area (TPSA) is 103 Å². The lowest BCUT2D eigenvalue weighted by atomic mass is 10.1. The SMILES string of the molecule is CCc1ccc(CCOc2ccc(CC3SC(=O)N(Cc4oc(=O)oc4C)C3=O)cc2)nc1. The number of imide groups is 1. The summed E-state index contributed by atoms with van der Waals surface area (Å²) in [5.74, 6) is 0.0192. The van der Waals surface area contributed by atoms with Crippen molar-refractivity contribution in [3.8, 4) is 5.75 Å². The summed E-state index contributed by atoms with van der Waals surface area (Å²) in [6.07, 6.45) is 3.99. The molecule has 9 heteroatoms. The Morgan fingerprint density at radius 2 is 1.82 bits per heavy atom. The maximum Gasteiger partial charge on any atom is 0.519 e. The zero-order chi connectivity index (χ0) is 23.4. The van der Waals surface area contributed by atoms with Crippen LogP contribution < -0.4 is 10.6 Å². The van der Waals surface area contributed by atoms with Crippen LogP contribution in [0.5, 0.6) is 5.75 Å². The fraction of sp³-hybridized carbons (Fsp3) is 0.333. The second kappa shape index (κ2) is 10.1. The second-order valence-corrected chi connectivity index (χ2v) is 8.84. The number of ether oxygens (including phenoxy) is 1. The van der Waals surface area contributed by atoms with Crippen molar-refractivity contribution in [2.75, 3.05) is 6.61 Å². The van der Waals surface area contributed by atoms with Crippen molar-refractivity contribution in [3.63, 3.8) is 0 Å². The van der Waals surface area contributed by atoms with E-state index in [1.807, 2.05) is 36.5 Å². The molecule has 3 aromatic rings. The van der Waals surface area contributed by atoms with Gasteiger partial charge >= 0.3 is 5.82 Å². The number of hydrogen-bond donors (Lipinski definition) is 0. The molecule has 2 amide bonds. The Morgan fingerprint density at radius 3 is 2.45 bits per heavy atom. The van der Waals surface area contributed by atoms with Gasteiger partial charge in [-0.15, -0.1) is 0 Å². The quantitative estimate of drug-likeness (QED) is 0.465. The summed E-state index contributed by atoms with van der Waals surface area (Å²) >= 11 is 0.976. The monoisotopic (exact) mass is 468 g/mol. The summed E-state index contributed by atoms with van der Waals surface area (Å²) in [6.45, 7) is 4.06. The van der Waals surface area contributed by atoms with Gasteiger partial charge in [0.2, 0.25) is 5.91 Å². The molecule has 0 N–H and O–H groups in total. The van der Waals surface area contributed by atoms with Crippen LogP contribution >= 0.6 is 11.8 Å². The van der Waals surface area contributed by atoms with Crippen LogP contribution in [0.1, 0.15) is 35.3 Å². The van der Waals surface area contributed by atoms with Crippen LogP contribution in [0, 0.1) is 6.92 Å². The predicted molar refractivity (Wildman–Crippen MR) is 122 cm³/mol. The number of hydrogen-bond acceptors (Lipinski definition) is 8. The lowest BCUT2D eigenvalue weighted by Gasteiger charge is -2.12. The van der Waals surface area contributed by atoms with Gasteiger partial charge in [-0.3, -0.25) is 19.5 Å². The third kappa shape index (κ3) is 5.54. The highest BCUT2D eigenvalue weighted by atomic mass is 32.2. The van der Waals surface area contributed by atoms with Gasteiger partial charge in [-0.2, -0.15) is 0 Å². The summed E-state index contributed by atoms with van der Waals surface area (Å²) in [6, 6.07) is 11.6. The van der Waals surface area contributed by atoms with Crippen molar-refractivity contribution < 1.29 is 23.2 Å². The first kappa shape index (κ1) is 22.8. The molecule has 33 heavy (non-hydrogen) atoms. The first-order chi connectivity index (χ1) is 15.9. The minimum atomic E-state index is -0.848. The molecule has 3 heterocycles. The molecule has 8 nitrogen and oxygen atoms in total. The van der Waals surface area contributed by atoms with E-state index < -0.39 is 11.1 Å². The van der Waals surface area contributed by atoms with Crippen LogP contribution in [0.3, 0.4) is 0 Å². The van der Waals surface area contributed by atoms with Crippen molar-refractivity contribution in [3.05, 3.63) is 81.6 Å². The van der Waals surface area contributed by atoms with Gasteiger partial charge in [-0.1, -0.05) is 36.9 Å². The van der Waals surface area contributed by atoms with Crippen molar-refractivity contribution in [1.82, 2.24) is 9.88 Å². The van der Waals surface area contributed by atoms with Crippen LogP contribution in [0.25, 0.3) is 0 Å². The molecule has 2 aromatic heterocycles. The smallest absolute Gasteiger partial charge is 0.493 e. The molecule has 1 unspecified atom stereocenters. The van der Waals surface area contributed by atoms with E-state index in [-0.39, 0.29) is 29.2 Å². The first-order valence-electron chi connectivity index (χ1n) is 10.7. The Hall–Kier alpha value is -3.33. The Kier molecular flexibility index (Phi) is 6.98. The molecule has 0 saturated carbocycles. The van der Waals surface area contributed by atoms with Crippen LogP contribution in [0.2, 0.25) is 0 Å². The largest absolute Gasteiger partial charge is 0.519 e. The average Bonchev–Trinajstić information content (AvgIpc) is 3.27. The number of nitrogens with zero attached hydrogens (tertiary/aromatic N) is 2. The van der Waals surface area contributed by atoms with Crippen LogP contribution in [-0.2, 0) is 30.6 Å². The summed E-state index contributed by atoms with van der Waals surface area (Å²) in [4.78, 5) is 41.8. The number of benzene rings is 1. The lowest BCUT2D eigenvalue weighted by Crippen LogP contribution is -2.31. The number of pyridine rings is 1. The van der Waals surface area contributed by atoms with Crippen molar-refractivity contribution in [1.29, 1.82) is 0 Å². The number of thioether (sulfide) groups is 1. The van der Waals surface area contributed by atoms with Crippen LogP contribution in [0.15, 0.2) is 56.2 Å². The number of aromatic nitrogens is 1. The maximum absolute atomic E-state index is 12.7. The number of amides is 2. The van der Waals surface area contributed by atoms with Gasteiger partial charge in [0, 0.05) is 18.3 Å². The molecule has 0 aliphatic carbocycles. The summed E-state index contributed by atoms with van der Waals surface area (Å²) < 4.78 is 15.5. The number of carbonyl (C=O) groups excluding carboxylic acids is 2. The van der Waals surface area contributed by atoms with Crippen LogP contribution in [-0.4, -0.2) is 32.9 Å². The molecule has 1 saturated heterocycles. The van der Waals surface area contributed by atoms with Gasteiger partial charge in [0.1, 0.15) is 11.5 Å². The molecule has 1 aromatic carbocycles.